The summed E-state index contributed by atoms with van der Waals surface area (Å²) in [6.45, 7) is 0.138. The standard InChI is InChI=1S/C13H12ClF3N4O/c14-9-1-2-10(18-6-9)7-21-12(22)20-4-3-8(13(15,16)17)5-11(20)19-21/h1-2,6,8H,3-5,7H2/t8-/m1/s1. The van der Waals surface area contributed by atoms with Crippen molar-refractivity contribution in [3.8, 4) is 0 Å². The van der Waals surface area contributed by atoms with Crippen LogP contribution in [0.25, 0.3) is 0 Å². The average Bonchev–Trinajstić information content (AvgIpc) is 2.77. The van der Waals surface area contributed by atoms with Gasteiger partial charge in [-0.1, -0.05) is 11.6 Å². The molecule has 1 aliphatic rings. The first-order valence-electron chi connectivity index (χ1n) is 6.68. The van der Waals surface area contributed by atoms with E-state index < -0.39 is 17.8 Å². The van der Waals surface area contributed by atoms with Crippen LogP contribution in [0, 0.1) is 5.92 Å². The summed E-state index contributed by atoms with van der Waals surface area (Å²) >= 11 is 5.73. The molecule has 0 bridgehead atoms. The number of aromatic nitrogens is 4. The van der Waals surface area contributed by atoms with E-state index in [-0.39, 0.29) is 31.8 Å². The summed E-state index contributed by atoms with van der Waals surface area (Å²) in [7, 11) is 0. The molecule has 2 aromatic heterocycles. The topological polar surface area (TPSA) is 52.7 Å². The Morgan fingerprint density at radius 1 is 1.36 bits per heavy atom. The van der Waals surface area contributed by atoms with Crippen LogP contribution in [0.4, 0.5) is 13.2 Å². The summed E-state index contributed by atoms with van der Waals surface area (Å²) in [5, 5.41) is 4.49. The van der Waals surface area contributed by atoms with E-state index in [9.17, 15) is 18.0 Å². The molecular weight excluding hydrogens is 321 g/mol. The molecule has 0 amide bonds. The Balaban J connectivity index is 1.85. The minimum atomic E-state index is -4.26. The van der Waals surface area contributed by atoms with Gasteiger partial charge in [-0.25, -0.2) is 9.48 Å². The van der Waals surface area contributed by atoms with Gasteiger partial charge in [0.15, 0.2) is 0 Å². The van der Waals surface area contributed by atoms with E-state index in [1.807, 2.05) is 0 Å². The molecule has 0 unspecified atom stereocenters. The maximum atomic E-state index is 12.8. The molecule has 0 radical (unpaired) electrons. The Labute approximate surface area is 128 Å². The molecule has 3 rings (SSSR count). The van der Waals surface area contributed by atoms with Gasteiger partial charge in [0.2, 0.25) is 0 Å². The van der Waals surface area contributed by atoms with Crippen LogP contribution in [0.5, 0.6) is 0 Å². The number of pyridine rings is 1. The van der Waals surface area contributed by atoms with Crippen molar-refractivity contribution in [2.75, 3.05) is 0 Å². The number of fused-ring (bicyclic) bond motifs is 1. The Morgan fingerprint density at radius 2 is 2.14 bits per heavy atom. The average molecular weight is 333 g/mol. The van der Waals surface area contributed by atoms with Gasteiger partial charge in [-0.3, -0.25) is 9.55 Å². The summed E-state index contributed by atoms with van der Waals surface area (Å²) < 4.78 is 40.8. The van der Waals surface area contributed by atoms with Crippen molar-refractivity contribution in [1.82, 2.24) is 19.3 Å². The summed E-state index contributed by atoms with van der Waals surface area (Å²) in [5.74, 6) is -1.27. The van der Waals surface area contributed by atoms with Gasteiger partial charge in [0, 0.05) is 19.2 Å². The predicted molar refractivity (Wildman–Crippen MR) is 72.7 cm³/mol. The van der Waals surface area contributed by atoms with Gasteiger partial charge in [0.05, 0.1) is 23.2 Å². The Morgan fingerprint density at radius 3 is 2.77 bits per heavy atom. The zero-order chi connectivity index (χ0) is 15.9. The van der Waals surface area contributed by atoms with Crippen LogP contribution < -0.4 is 5.69 Å². The molecule has 118 valence electrons. The van der Waals surface area contributed by atoms with Gasteiger partial charge in [-0.2, -0.15) is 18.3 Å². The number of halogens is 4. The Kier molecular flexibility index (Phi) is 3.72. The Hall–Kier alpha value is -1.83. The zero-order valence-electron chi connectivity index (χ0n) is 11.3. The molecule has 5 nitrogen and oxygen atoms in total. The largest absolute Gasteiger partial charge is 0.392 e. The second-order valence-corrected chi connectivity index (χ2v) is 5.64. The highest BCUT2D eigenvalue weighted by Gasteiger charge is 2.42. The lowest BCUT2D eigenvalue weighted by molar-refractivity contribution is -0.179. The van der Waals surface area contributed by atoms with E-state index in [0.29, 0.717) is 10.7 Å². The third-order valence-corrected chi connectivity index (χ3v) is 3.92. The molecule has 0 saturated heterocycles. The lowest BCUT2D eigenvalue weighted by Gasteiger charge is -2.23. The van der Waals surface area contributed by atoms with Crippen molar-refractivity contribution >= 4 is 11.6 Å². The van der Waals surface area contributed by atoms with E-state index in [1.165, 1.54) is 10.8 Å². The Bertz CT molecular complexity index is 735. The van der Waals surface area contributed by atoms with E-state index in [1.54, 1.807) is 12.1 Å². The summed E-state index contributed by atoms with van der Waals surface area (Å²) in [6, 6.07) is 3.27. The van der Waals surface area contributed by atoms with Gasteiger partial charge in [-0.05, 0) is 18.6 Å². The van der Waals surface area contributed by atoms with Gasteiger partial charge < -0.3 is 0 Å². The normalized spacial score (nSPS) is 18.3. The van der Waals surface area contributed by atoms with Gasteiger partial charge >= 0.3 is 11.9 Å². The number of nitrogens with zero attached hydrogens (tertiary/aromatic N) is 4. The second-order valence-electron chi connectivity index (χ2n) is 5.21. The highest BCUT2D eigenvalue weighted by Crippen LogP contribution is 2.33. The maximum Gasteiger partial charge on any atom is 0.392 e. The van der Waals surface area contributed by atoms with Crippen LogP contribution in [0.1, 0.15) is 17.9 Å². The van der Waals surface area contributed by atoms with Crippen molar-refractivity contribution in [3.05, 3.63) is 45.4 Å². The van der Waals surface area contributed by atoms with Crippen LogP contribution in [-0.4, -0.2) is 25.5 Å². The smallest absolute Gasteiger partial charge is 0.279 e. The lowest BCUT2D eigenvalue weighted by atomic mass is 9.97. The summed E-state index contributed by atoms with van der Waals surface area (Å²) in [6.07, 6.45) is -3.18. The van der Waals surface area contributed by atoms with Crippen molar-refractivity contribution < 1.29 is 13.2 Å². The first-order chi connectivity index (χ1) is 10.3. The van der Waals surface area contributed by atoms with E-state index >= 15 is 0 Å². The molecule has 0 N–H and O–H groups in total. The van der Waals surface area contributed by atoms with Gasteiger partial charge in [0.25, 0.3) is 0 Å². The fourth-order valence-electron chi connectivity index (χ4n) is 2.50. The van der Waals surface area contributed by atoms with E-state index in [2.05, 4.69) is 10.1 Å². The zero-order valence-corrected chi connectivity index (χ0v) is 12.1. The molecule has 9 heteroatoms. The number of rotatable bonds is 2. The summed E-state index contributed by atoms with van der Waals surface area (Å²) in [4.78, 5) is 16.2. The molecule has 0 fully saturated rings. The van der Waals surface area contributed by atoms with Crippen molar-refractivity contribution in [3.63, 3.8) is 0 Å². The lowest BCUT2D eigenvalue weighted by Crippen LogP contribution is -2.34. The van der Waals surface area contributed by atoms with E-state index in [4.69, 9.17) is 11.6 Å². The number of hydrogen-bond donors (Lipinski definition) is 0. The molecule has 22 heavy (non-hydrogen) atoms. The van der Waals surface area contributed by atoms with Crippen LogP contribution in [0.15, 0.2) is 23.1 Å². The van der Waals surface area contributed by atoms with Crippen LogP contribution >= 0.6 is 11.6 Å². The number of alkyl halides is 3. The quantitative estimate of drug-likeness (QED) is 0.847. The predicted octanol–water partition coefficient (Wildman–Crippen LogP) is 2.27. The van der Waals surface area contributed by atoms with E-state index in [0.717, 1.165) is 4.68 Å². The molecule has 1 aliphatic heterocycles. The minimum Gasteiger partial charge on any atom is -0.279 e. The van der Waals surface area contributed by atoms with Crippen molar-refractivity contribution in [2.24, 2.45) is 5.92 Å². The molecular formula is C13H12ClF3N4O. The minimum absolute atomic E-state index is 0.0341. The monoisotopic (exact) mass is 332 g/mol. The molecule has 0 aliphatic carbocycles. The third kappa shape index (κ3) is 2.87. The first-order valence-corrected chi connectivity index (χ1v) is 7.06. The molecule has 1 atom stereocenters. The van der Waals surface area contributed by atoms with Crippen molar-refractivity contribution in [1.29, 1.82) is 0 Å². The molecule has 0 aromatic carbocycles. The molecule has 2 aromatic rings. The van der Waals surface area contributed by atoms with Crippen LogP contribution in [0.2, 0.25) is 5.02 Å². The van der Waals surface area contributed by atoms with Crippen LogP contribution in [0.3, 0.4) is 0 Å². The molecule has 0 spiro atoms. The molecule has 3 heterocycles. The fourth-order valence-corrected chi connectivity index (χ4v) is 2.62. The highest BCUT2D eigenvalue weighted by molar-refractivity contribution is 6.30. The summed E-state index contributed by atoms with van der Waals surface area (Å²) in [5.41, 5.74) is 0.154. The molecule has 0 saturated carbocycles. The third-order valence-electron chi connectivity index (χ3n) is 3.69. The first kappa shape index (κ1) is 15.1. The van der Waals surface area contributed by atoms with Crippen LogP contribution in [-0.2, 0) is 19.5 Å². The van der Waals surface area contributed by atoms with Gasteiger partial charge in [0.1, 0.15) is 5.82 Å². The fraction of sp³-hybridized carbons (Fsp3) is 0.462. The van der Waals surface area contributed by atoms with Gasteiger partial charge in [-0.15, -0.1) is 0 Å². The number of hydrogen-bond acceptors (Lipinski definition) is 3. The SMILES string of the molecule is O=c1n(Cc2ccc(Cl)cn2)nc2n1CC[C@@H](C(F)(F)F)C2. The van der Waals surface area contributed by atoms with Crippen molar-refractivity contribution in [2.45, 2.75) is 32.1 Å². The second kappa shape index (κ2) is 5.42. The highest BCUT2D eigenvalue weighted by atomic mass is 35.5. The maximum absolute atomic E-state index is 12.8.